The zero-order valence-corrected chi connectivity index (χ0v) is 22.8. The largest absolute Gasteiger partial charge is 0.463 e. The highest BCUT2D eigenvalue weighted by Crippen LogP contribution is 2.50. The minimum Gasteiger partial charge on any atom is -0.463 e. The van der Waals surface area contributed by atoms with E-state index in [4.69, 9.17) is 14.5 Å². The molecule has 1 aliphatic carbocycles. The van der Waals surface area contributed by atoms with E-state index in [2.05, 4.69) is 39.5 Å². The molecule has 4 aliphatic rings. The maximum atomic E-state index is 14.7. The normalized spacial score (nSPS) is 25.8. The number of ether oxygens (including phenoxy) is 2. The van der Waals surface area contributed by atoms with Gasteiger partial charge in [0.25, 0.3) is 5.91 Å². The van der Waals surface area contributed by atoms with E-state index in [1.807, 2.05) is 6.07 Å². The van der Waals surface area contributed by atoms with Crippen LogP contribution in [0.4, 0.5) is 15.8 Å². The van der Waals surface area contributed by atoms with Crippen LogP contribution in [0, 0.1) is 11.2 Å². The molecular formula is C29H32FN7O3. The number of anilines is 2. The van der Waals surface area contributed by atoms with Crippen LogP contribution in [0.5, 0.6) is 6.01 Å². The number of carbonyl (C=O) groups is 1. The molecule has 0 spiro atoms. The van der Waals surface area contributed by atoms with Gasteiger partial charge >= 0.3 is 6.01 Å². The van der Waals surface area contributed by atoms with E-state index < -0.39 is 11.7 Å². The van der Waals surface area contributed by atoms with Gasteiger partial charge in [0.15, 0.2) is 5.82 Å². The Hall–Kier alpha value is -3.83. The van der Waals surface area contributed by atoms with Crippen molar-refractivity contribution >= 4 is 39.1 Å². The molecule has 2 aromatic heterocycles. The number of nitrogens with one attached hydrogen (secondary N) is 2. The summed E-state index contributed by atoms with van der Waals surface area (Å²) in [5.41, 5.74) is 2.46. The van der Waals surface area contributed by atoms with Gasteiger partial charge in [0.2, 0.25) is 0 Å². The average Bonchev–Trinajstić information content (AvgIpc) is 3.60. The number of amides is 1. The predicted molar refractivity (Wildman–Crippen MR) is 149 cm³/mol. The van der Waals surface area contributed by atoms with Crippen molar-refractivity contribution in [1.29, 1.82) is 0 Å². The van der Waals surface area contributed by atoms with Crippen molar-refractivity contribution in [2.45, 2.75) is 44.9 Å². The predicted octanol–water partition coefficient (Wildman–Crippen LogP) is 3.65. The second kappa shape index (κ2) is 9.38. The Kier molecular flexibility index (Phi) is 5.90. The molecule has 1 saturated carbocycles. The molecule has 208 valence electrons. The Balaban J connectivity index is 1.24. The molecule has 4 aromatic rings. The molecule has 0 unspecified atom stereocenters. The molecular weight excluding hydrogens is 513 g/mol. The third-order valence-electron chi connectivity index (χ3n) is 8.24. The highest BCUT2D eigenvalue weighted by molar-refractivity contribution is 6.14. The molecule has 3 aliphatic heterocycles. The summed E-state index contributed by atoms with van der Waals surface area (Å²) in [4.78, 5) is 25.2. The monoisotopic (exact) mass is 545 g/mol. The number of aryl methyl sites for hydroxylation is 1. The van der Waals surface area contributed by atoms with Crippen molar-refractivity contribution < 1.29 is 18.7 Å². The Morgan fingerprint density at radius 2 is 2.02 bits per heavy atom. The Morgan fingerprint density at radius 1 is 1.23 bits per heavy atom. The molecule has 1 amide bonds. The van der Waals surface area contributed by atoms with Crippen LogP contribution in [0.2, 0.25) is 0 Å². The van der Waals surface area contributed by atoms with Crippen molar-refractivity contribution in [2.75, 3.05) is 36.5 Å². The van der Waals surface area contributed by atoms with E-state index in [0.29, 0.717) is 53.6 Å². The molecule has 2 atom stereocenters. The van der Waals surface area contributed by atoms with E-state index in [1.165, 1.54) is 6.07 Å². The fourth-order valence-electron chi connectivity index (χ4n) is 6.44. The number of hydrogen-bond acceptors (Lipinski definition) is 8. The van der Waals surface area contributed by atoms with Crippen LogP contribution in [0.25, 0.3) is 21.8 Å². The minimum atomic E-state index is -0.498. The quantitative estimate of drug-likeness (QED) is 0.378. The number of aromatic nitrogens is 4. The van der Waals surface area contributed by atoms with E-state index in [1.54, 1.807) is 36.3 Å². The van der Waals surface area contributed by atoms with Gasteiger partial charge in [-0.3, -0.25) is 9.48 Å². The number of halogens is 1. The first-order valence-corrected chi connectivity index (χ1v) is 13.7. The summed E-state index contributed by atoms with van der Waals surface area (Å²) in [6.45, 7) is 7.12. The molecule has 11 heteroatoms. The second-order valence-electron chi connectivity index (χ2n) is 11.7. The number of fused-ring (bicyclic) bond motifs is 3. The SMILES string of the molecule is C[C@@H]1CN(c2ccc(C(=O)Nc3cc(F)c4nn(C)cc4c3)c3nc(OCC45COC(C4)C5)ncc23)C[C@H](C)N1. The van der Waals surface area contributed by atoms with Crippen LogP contribution in [0.15, 0.2) is 36.7 Å². The molecule has 2 N–H and O–H groups in total. The Morgan fingerprint density at radius 3 is 2.77 bits per heavy atom. The highest BCUT2D eigenvalue weighted by Gasteiger charge is 2.52. The van der Waals surface area contributed by atoms with Gasteiger partial charge in [0.05, 0.1) is 30.4 Å². The van der Waals surface area contributed by atoms with E-state index in [-0.39, 0.29) is 16.9 Å². The van der Waals surface area contributed by atoms with Gasteiger partial charge in [0, 0.05) is 72.2 Å². The minimum absolute atomic E-state index is 0.0348. The van der Waals surface area contributed by atoms with Gasteiger partial charge in [-0.05, 0) is 51.0 Å². The number of nitrogens with zero attached hydrogens (tertiary/aromatic N) is 5. The van der Waals surface area contributed by atoms with Gasteiger partial charge in [0.1, 0.15) is 5.52 Å². The van der Waals surface area contributed by atoms with Gasteiger partial charge < -0.3 is 25.0 Å². The third-order valence-corrected chi connectivity index (χ3v) is 8.24. The summed E-state index contributed by atoms with van der Waals surface area (Å²) >= 11 is 0. The fourth-order valence-corrected chi connectivity index (χ4v) is 6.44. The van der Waals surface area contributed by atoms with Gasteiger partial charge in [-0.1, -0.05) is 0 Å². The molecule has 8 rings (SSSR count). The van der Waals surface area contributed by atoms with Gasteiger partial charge in [-0.25, -0.2) is 9.37 Å². The molecule has 40 heavy (non-hydrogen) atoms. The van der Waals surface area contributed by atoms with E-state index in [0.717, 1.165) is 37.0 Å². The van der Waals surface area contributed by atoms with Gasteiger partial charge in [-0.15, -0.1) is 0 Å². The lowest BCUT2D eigenvalue weighted by molar-refractivity contribution is 0.0785. The standard InChI is InChI=1S/C29H32FN7O3/c1-16-11-37(12-17(2)32-16)24-5-4-21(27(38)33-19-6-18-13-36(3)35-25(18)23(30)7-19)26-22(24)10-31-28(34-26)40-15-29-8-20(9-29)39-14-29/h4-7,10,13,16-17,20,32H,8-9,11-12,14-15H2,1-3H3,(H,33,38)/t16-,17+,20?,29?. The first-order chi connectivity index (χ1) is 19.2. The first-order valence-electron chi connectivity index (χ1n) is 13.7. The summed E-state index contributed by atoms with van der Waals surface area (Å²) in [7, 11) is 1.73. The molecule has 5 heterocycles. The van der Waals surface area contributed by atoms with Crippen LogP contribution < -0.4 is 20.3 Å². The van der Waals surface area contributed by atoms with Crippen molar-refractivity contribution in [2.24, 2.45) is 12.5 Å². The Bertz CT molecular complexity index is 1620. The molecule has 2 bridgehead atoms. The summed E-state index contributed by atoms with van der Waals surface area (Å²) in [5.74, 6) is -0.891. The number of rotatable bonds is 6. The van der Waals surface area contributed by atoms with Crippen LogP contribution in [-0.2, 0) is 11.8 Å². The Labute approximate surface area is 230 Å². The lowest BCUT2D eigenvalue weighted by atomic mass is 9.71. The number of hydrogen-bond donors (Lipinski definition) is 2. The second-order valence-corrected chi connectivity index (χ2v) is 11.7. The summed E-state index contributed by atoms with van der Waals surface area (Å²) < 4.78 is 28.0. The highest BCUT2D eigenvalue weighted by atomic mass is 19.1. The number of benzene rings is 2. The molecule has 10 nitrogen and oxygen atoms in total. The zero-order chi connectivity index (χ0) is 27.6. The molecule has 0 radical (unpaired) electrons. The molecule has 2 aromatic carbocycles. The maximum absolute atomic E-state index is 14.7. The molecule has 3 saturated heterocycles. The summed E-state index contributed by atoms with van der Waals surface area (Å²) in [6, 6.07) is 7.56. The lowest BCUT2D eigenvalue weighted by Crippen LogP contribution is -2.54. The van der Waals surface area contributed by atoms with Crippen molar-refractivity contribution in [3.8, 4) is 6.01 Å². The fraction of sp³-hybridized carbons (Fsp3) is 0.448. The van der Waals surface area contributed by atoms with Crippen molar-refractivity contribution in [3.63, 3.8) is 0 Å². The van der Waals surface area contributed by atoms with Gasteiger partial charge in [-0.2, -0.15) is 10.1 Å². The lowest BCUT2D eigenvalue weighted by Gasteiger charge is -2.38. The van der Waals surface area contributed by atoms with E-state index >= 15 is 0 Å². The third kappa shape index (κ3) is 4.43. The van der Waals surface area contributed by atoms with E-state index in [9.17, 15) is 9.18 Å². The number of carbonyl (C=O) groups excluding carboxylic acids is 1. The average molecular weight is 546 g/mol. The van der Waals surface area contributed by atoms with Crippen LogP contribution in [-0.4, -0.2) is 70.1 Å². The zero-order valence-electron chi connectivity index (χ0n) is 22.8. The topological polar surface area (TPSA) is 106 Å². The van der Waals surface area contributed by atoms with Crippen LogP contribution in [0.1, 0.15) is 37.0 Å². The smallest absolute Gasteiger partial charge is 0.316 e. The summed E-state index contributed by atoms with van der Waals surface area (Å²) in [6.07, 6.45) is 5.79. The maximum Gasteiger partial charge on any atom is 0.316 e. The molecule has 4 fully saturated rings. The van der Waals surface area contributed by atoms with Crippen LogP contribution >= 0.6 is 0 Å². The van der Waals surface area contributed by atoms with Crippen LogP contribution in [0.3, 0.4) is 0 Å². The summed E-state index contributed by atoms with van der Waals surface area (Å²) in [5, 5.41) is 11.9. The van der Waals surface area contributed by atoms with Crippen molar-refractivity contribution in [3.05, 3.63) is 48.0 Å². The number of piperazine rings is 1. The first kappa shape index (κ1) is 25.2. The van der Waals surface area contributed by atoms with Crippen molar-refractivity contribution in [1.82, 2.24) is 25.1 Å².